The number of carbonyl (C=O) groups is 3. The average molecular weight is 685 g/mol. The third kappa shape index (κ3) is 16.8. The average Bonchev–Trinajstić information content (AvgIpc) is 3.41. The van der Waals surface area contributed by atoms with Gasteiger partial charge in [0.05, 0.1) is 26.4 Å². The first kappa shape index (κ1) is 39.5. The zero-order valence-corrected chi connectivity index (χ0v) is 28.1. The molecule has 1 aromatic rings. The second-order valence-corrected chi connectivity index (χ2v) is 14.0. The van der Waals surface area contributed by atoms with Gasteiger partial charge in [-0.25, -0.2) is 4.79 Å². The van der Waals surface area contributed by atoms with Crippen molar-refractivity contribution in [2.45, 2.75) is 55.6 Å². The maximum Gasteiger partial charge on any atom is 0.509 e. The number of hydrogen-bond acceptors (Lipinski definition) is 14. The van der Waals surface area contributed by atoms with E-state index in [1.165, 1.54) is 10.8 Å². The van der Waals surface area contributed by atoms with Gasteiger partial charge in [0, 0.05) is 35.8 Å². The Hall–Kier alpha value is -2.69. The van der Waals surface area contributed by atoms with Gasteiger partial charge in [0.15, 0.2) is 0 Å². The molecule has 0 saturated carbocycles. The third-order valence-corrected chi connectivity index (χ3v) is 9.33. The van der Waals surface area contributed by atoms with Gasteiger partial charge in [-0.2, -0.15) is 5.82 Å². The topological polar surface area (TPSA) is 203 Å². The van der Waals surface area contributed by atoms with E-state index in [2.05, 4.69) is 47.9 Å². The van der Waals surface area contributed by atoms with Gasteiger partial charge in [-0.3, -0.25) is 15.3 Å². The van der Waals surface area contributed by atoms with Gasteiger partial charge in [0.2, 0.25) is 13.2 Å². The molecule has 1 aromatic carbocycles. The van der Waals surface area contributed by atoms with Crippen LogP contribution in [0, 0.1) is 11.7 Å². The molecule has 1 fully saturated rings. The quantitative estimate of drug-likeness (QED) is 0.0334. The lowest BCUT2D eigenvalue weighted by Gasteiger charge is -2.22. The first-order valence-electron chi connectivity index (χ1n) is 14.8. The molecule has 1 aliphatic heterocycles. The van der Waals surface area contributed by atoms with E-state index in [0.717, 1.165) is 0 Å². The molecule has 0 aromatic heterocycles. The summed E-state index contributed by atoms with van der Waals surface area (Å²) in [5, 5.41) is 14.8. The van der Waals surface area contributed by atoms with Gasteiger partial charge in [-0.05, 0) is 18.2 Å². The predicted octanol–water partition coefficient (Wildman–Crippen LogP) is 0.352. The summed E-state index contributed by atoms with van der Waals surface area (Å²) in [5.41, 5.74) is 10.8. The van der Waals surface area contributed by atoms with Crippen LogP contribution in [0.1, 0.15) is 37.6 Å². The summed E-state index contributed by atoms with van der Waals surface area (Å²) in [6, 6.07) is 6.55. The number of amides is 2. The van der Waals surface area contributed by atoms with Crippen molar-refractivity contribution in [3.05, 3.63) is 29.8 Å². The highest BCUT2D eigenvalue weighted by molar-refractivity contribution is 8.77. The molecule has 2 amide bonds. The number of carbonyl (C=O) groups excluding carboxylic acids is 3. The summed E-state index contributed by atoms with van der Waals surface area (Å²) >= 11 is 0. The van der Waals surface area contributed by atoms with Crippen LogP contribution in [0.3, 0.4) is 0 Å². The third-order valence-electron chi connectivity index (χ3n) is 5.82. The SMILES string of the molecule is CC(C)(C)SSC(COc1cccc(C(=O)NCCN)c1)OCCOCC(=O)NCC#CB[C@H]1C[C@@H](OC(=O)OCN)C(CO)O1. The lowest BCUT2D eigenvalue weighted by atomic mass is 9.71. The van der Waals surface area contributed by atoms with Crippen LogP contribution < -0.4 is 26.8 Å². The van der Waals surface area contributed by atoms with Crippen LogP contribution in [-0.2, 0) is 28.5 Å². The first-order chi connectivity index (χ1) is 22.0. The molecule has 1 heterocycles. The molecule has 7 N–H and O–H groups in total. The zero-order valence-electron chi connectivity index (χ0n) is 26.5. The summed E-state index contributed by atoms with van der Waals surface area (Å²) in [4.78, 5) is 35.8. The van der Waals surface area contributed by atoms with E-state index in [1.54, 1.807) is 35.1 Å². The minimum absolute atomic E-state index is 0.00608. The Morgan fingerprint density at radius 3 is 2.74 bits per heavy atom. The van der Waals surface area contributed by atoms with Crippen LogP contribution >= 0.6 is 21.6 Å². The van der Waals surface area contributed by atoms with Crippen molar-refractivity contribution in [2.75, 3.05) is 59.4 Å². The predicted molar refractivity (Wildman–Crippen MR) is 178 cm³/mol. The van der Waals surface area contributed by atoms with E-state index in [4.69, 9.17) is 35.2 Å². The van der Waals surface area contributed by atoms with Crippen molar-refractivity contribution in [3.8, 4) is 17.5 Å². The molecule has 1 saturated heterocycles. The molecule has 256 valence electrons. The summed E-state index contributed by atoms with van der Waals surface area (Å²) in [6.45, 7) is 7.05. The Kier molecular flexibility index (Phi) is 18.9. The number of nitrogens with one attached hydrogen (secondary N) is 2. The summed E-state index contributed by atoms with van der Waals surface area (Å²) in [7, 11) is 3.53. The molecule has 0 bridgehead atoms. The number of nitrogens with two attached hydrogens (primary N) is 2. The van der Waals surface area contributed by atoms with Crippen LogP contribution in [0.4, 0.5) is 4.79 Å². The lowest BCUT2D eigenvalue weighted by molar-refractivity contribution is -0.126. The van der Waals surface area contributed by atoms with Gasteiger partial charge in [0.25, 0.3) is 5.91 Å². The van der Waals surface area contributed by atoms with E-state index in [-0.39, 0.29) is 74.3 Å². The summed E-state index contributed by atoms with van der Waals surface area (Å²) in [5.74, 6) is 5.75. The Bertz CT molecular complexity index is 1150. The van der Waals surface area contributed by atoms with Gasteiger partial charge >= 0.3 is 6.16 Å². The Balaban J connectivity index is 1.68. The van der Waals surface area contributed by atoms with E-state index >= 15 is 0 Å². The number of hydrogen-bond donors (Lipinski definition) is 5. The first-order valence-corrected chi connectivity index (χ1v) is 17.0. The highest BCUT2D eigenvalue weighted by Crippen LogP contribution is 2.38. The molecule has 1 aliphatic rings. The normalized spacial score (nSPS) is 18.1. The van der Waals surface area contributed by atoms with Crippen LogP contribution in [-0.4, -0.2) is 118 Å². The monoisotopic (exact) mass is 684 g/mol. The molecule has 4 atom stereocenters. The van der Waals surface area contributed by atoms with Crippen molar-refractivity contribution in [2.24, 2.45) is 11.5 Å². The van der Waals surface area contributed by atoms with Crippen LogP contribution in [0.5, 0.6) is 5.75 Å². The molecule has 2 rings (SSSR count). The summed E-state index contributed by atoms with van der Waals surface area (Å²) in [6.07, 6.45) is -1.90. The molecule has 0 aliphatic carbocycles. The van der Waals surface area contributed by atoms with Gasteiger partial charge in [-0.15, -0.1) is 0 Å². The fraction of sp³-hybridized carbons (Fsp3) is 0.621. The smallest absolute Gasteiger partial charge is 0.490 e. The lowest BCUT2D eigenvalue weighted by Crippen LogP contribution is -2.30. The van der Waals surface area contributed by atoms with Gasteiger partial charge in [-0.1, -0.05) is 54.3 Å². The minimum Gasteiger partial charge on any atom is -0.490 e. The van der Waals surface area contributed by atoms with Gasteiger partial charge in [0.1, 0.15) is 43.3 Å². The van der Waals surface area contributed by atoms with Crippen molar-refractivity contribution >= 4 is 46.8 Å². The Labute approximate surface area is 278 Å². The number of benzene rings is 1. The minimum atomic E-state index is -0.922. The second-order valence-electron chi connectivity index (χ2n) is 10.8. The fourth-order valence-electron chi connectivity index (χ4n) is 3.77. The largest absolute Gasteiger partial charge is 0.509 e. The molecule has 46 heavy (non-hydrogen) atoms. The number of ether oxygens (including phenoxy) is 6. The van der Waals surface area contributed by atoms with Crippen LogP contribution in [0.15, 0.2) is 24.3 Å². The van der Waals surface area contributed by atoms with E-state index in [0.29, 0.717) is 38.1 Å². The van der Waals surface area contributed by atoms with Crippen molar-refractivity contribution in [1.82, 2.24) is 10.6 Å². The fourth-order valence-corrected chi connectivity index (χ4v) is 5.96. The van der Waals surface area contributed by atoms with Gasteiger partial charge < -0.3 is 49.9 Å². The Morgan fingerprint density at radius 2 is 2.02 bits per heavy atom. The van der Waals surface area contributed by atoms with E-state index in [9.17, 15) is 19.5 Å². The van der Waals surface area contributed by atoms with Crippen molar-refractivity contribution in [1.29, 1.82) is 0 Å². The summed E-state index contributed by atoms with van der Waals surface area (Å²) < 4.78 is 32.7. The number of rotatable bonds is 19. The van der Waals surface area contributed by atoms with Crippen molar-refractivity contribution in [3.63, 3.8) is 0 Å². The molecule has 0 radical (unpaired) electrons. The number of aliphatic hydroxyl groups is 1. The highest BCUT2D eigenvalue weighted by atomic mass is 33.1. The molecule has 17 heteroatoms. The number of aliphatic hydroxyl groups excluding tert-OH is 1. The second kappa shape index (κ2) is 22.0. The zero-order chi connectivity index (χ0) is 33.8. The maximum atomic E-state index is 12.2. The maximum absolute atomic E-state index is 12.2. The van der Waals surface area contributed by atoms with Crippen LogP contribution in [0.2, 0.25) is 0 Å². The molecular weight excluding hydrogens is 639 g/mol. The molecule has 2 unspecified atom stereocenters. The van der Waals surface area contributed by atoms with E-state index < -0.39 is 18.4 Å². The molecular formula is C29H45BN4O10S2. The molecule has 0 spiro atoms. The highest BCUT2D eigenvalue weighted by Gasteiger charge is 2.37. The standard InChI is InChI=1S/C29H45BN4O10S2/c1-29(2,3)46-45-26(18-41-21-7-4-6-20(14-21)27(37)34-11-9-31)40-13-12-39-17-25(36)33-10-5-8-30-24-15-22(23(16-35)43-24)44-28(38)42-19-32/h4,6-7,14,22-24,26,30,35H,9-13,15-19,31-32H2,1-3H3,(H,33,36)(H,34,37)/t22-,23?,24-,26?/m1/s1. The van der Waals surface area contributed by atoms with E-state index in [1.807, 2.05) is 0 Å². The Morgan fingerprint density at radius 1 is 1.22 bits per heavy atom. The van der Waals surface area contributed by atoms with Crippen LogP contribution in [0.25, 0.3) is 0 Å². The van der Waals surface area contributed by atoms with Crippen molar-refractivity contribution < 1.29 is 47.9 Å². The molecule has 14 nitrogen and oxygen atoms in total.